The van der Waals surface area contributed by atoms with Crippen molar-refractivity contribution < 1.29 is 9.90 Å². The molecule has 1 heterocycles. The van der Waals surface area contributed by atoms with E-state index < -0.39 is 6.10 Å². The summed E-state index contributed by atoms with van der Waals surface area (Å²) >= 11 is 0. The second kappa shape index (κ2) is 8.31. The van der Waals surface area contributed by atoms with Crippen molar-refractivity contribution in [2.45, 2.75) is 39.0 Å². The summed E-state index contributed by atoms with van der Waals surface area (Å²) in [5.41, 5.74) is 1.33. The Bertz CT molecular complexity index is 492. The van der Waals surface area contributed by atoms with Gasteiger partial charge in [0.1, 0.15) is 0 Å². The van der Waals surface area contributed by atoms with Crippen molar-refractivity contribution in [3.05, 3.63) is 35.9 Å². The van der Waals surface area contributed by atoms with Gasteiger partial charge in [0.25, 0.3) is 0 Å². The average molecular weight is 319 g/mol. The van der Waals surface area contributed by atoms with Crippen molar-refractivity contribution in [1.82, 2.24) is 15.1 Å². The van der Waals surface area contributed by atoms with Crippen molar-refractivity contribution in [3.63, 3.8) is 0 Å². The lowest BCUT2D eigenvalue weighted by Crippen LogP contribution is -2.53. The van der Waals surface area contributed by atoms with Crippen LogP contribution < -0.4 is 5.32 Å². The van der Waals surface area contributed by atoms with Gasteiger partial charge >= 0.3 is 6.03 Å². The normalized spacial score (nSPS) is 23.3. The van der Waals surface area contributed by atoms with Crippen molar-refractivity contribution in [3.8, 4) is 0 Å². The van der Waals surface area contributed by atoms with E-state index in [4.69, 9.17) is 0 Å². The van der Waals surface area contributed by atoms with E-state index in [0.717, 1.165) is 26.1 Å². The number of benzene rings is 1. The first-order valence-corrected chi connectivity index (χ1v) is 8.41. The van der Waals surface area contributed by atoms with Crippen LogP contribution in [0.2, 0.25) is 0 Å². The van der Waals surface area contributed by atoms with Crippen LogP contribution in [-0.2, 0) is 6.54 Å². The van der Waals surface area contributed by atoms with Gasteiger partial charge in [-0.2, -0.15) is 0 Å². The highest BCUT2D eigenvalue weighted by molar-refractivity contribution is 5.74. The van der Waals surface area contributed by atoms with Crippen LogP contribution in [-0.4, -0.2) is 59.8 Å². The molecule has 2 N–H and O–H groups in total. The number of nitrogens with zero attached hydrogens (tertiary/aromatic N) is 2. The van der Waals surface area contributed by atoms with Crippen molar-refractivity contribution in [2.24, 2.45) is 5.92 Å². The zero-order valence-electron chi connectivity index (χ0n) is 14.4. The first-order chi connectivity index (χ1) is 11.0. The number of aliphatic hydroxyl groups excluding tert-OH is 1. The Balaban J connectivity index is 1.81. The fourth-order valence-electron chi connectivity index (χ4n) is 3.18. The van der Waals surface area contributed by atoms with E-state index in [1.54, 1.807) is 18.9 Å². The molecule has 23 heavy (non-hydrogen) atoms. The Morgan fingerprint density at radius 3 is 2.74 bits per heavy atom. The van der Waals surface area contributed by atoms with Crippen LogP contribution in [0.1, 0.15) is 25.8 Å². The summed E-state index contributed by atoms with van der Waals surface area (Å²) in [6.45, 7) is 7.18. The summed E-state index contributed by atoms with van der Waals surface area (Å²) in [6.07, 6.45) is 0.457. The van der Waals surface area contributed by atoms with Crippen LogP contribution in [0.4, 0.5) is 4.79 Å². The van der Waals surface area contributed by atoms with Gasteiger partial charge < -0.3 is 15.3 Å². The third kappa shape index (κ3) is 5.52. The van der Waals surface area contributed by atoms with E-state index in [9.17, 15) is 9.90 Å². The van der Waals surface area contributed by atoms with E-state index in [1.807, 2.05) is 6.07 Å². The lowest BCUT2D eigenvalue weighted by Gasteiger charge is -2.38. The summed E-state index contributed by atoms with van der Waals surface area (Å²) in [4.78, 5) is 16.2. The van der Waals surface area contributed by atoms with Gasteiger partial charge in [-0.05, 0) is 24.8 Å². The van der Waals surface area contributed by atoms with E-state index in [-0.39, 0.29) is 12.1 Å². The highest BCUT2D eigenvalue weighted by Gasteiger charge is 2.28. The molecular formula is C18H29N3O2. The van der Waals surface area contributed by atoms with E-state index in [0.29, 0.717) is 12.5 Å². The van der Waals surface area contributed by atoms with Gasteiger partial charge in [0.15, 0.2) is 0 Å². The van der Waals surface area contributed by atoms with Crippen LogP contribution in [0, 0.1) is 5.92 Å². The average Bonchev–Trinajstić information content (AvgIpc) is 2.50. The Morgan fingerprint density at radius 2 is 2.13 bits per heavy atom. The summed E-state index contributed by atoms with van der Waals surface area (Å²) < 4.78 is 0. The van der Waals surface area contributed by atoms with Gasteiger partial charge in [0.2, 0.25) is 0 Å². The first kappa shape index (κ1) is 17.8. The molecule has 128 valence electrons. The topological polar surface area (TPSA) is 55.8 Å². The summed E-state index contributed by atoms with van der Waals surface area (Å²) in [7, 11) is 1.72. The minimum absolute atomic E-state index is 0.0979. The summed E-state index contributed by atoms with van der Waals surface area (Å²) in [6, 6.07) is 10.6. The largest absolute Gasteiger partial charge is 0.392 e. The molecule has 3 atom stereocenters. The van der Waals surface area contributed by atoms with Crippen LogP contribution in [0.25, 0.3) is 0 Å². The number of carbonyl (C=O) groups is 1. The van der Waals surface area contributed by atoms with Crippen molar-refractivity contribution in [2.75, 3.05) is 26.7 Å². The van der Waals surface area contributed by atoms with Gasteiger partial charge in [-0.15, -0.1) is 0 Å². The fraction of sp³-hybridized carbons (Fsp3) is 0.611. The minimum atomic E-state index is -0.504. The zero-order chi connectivity index (χ0) is 16.8. The molecule has 3 unspecified atom stereocenters. The number of aliphatic hydroxyl groups is 1. The molecule has 0 aromatic heterocycles. The zero-order valence-corrected chi connectivity index (χ0v) is 14.4. The Labute approximate surface area is 139 Å². The Hall–Kier alpha value is -1.59. The van der Waals surface area contributed by atoms with Gasteiger partial charge in [0.05, 0.1) is 6.10 Å². The molecule has 2 rings (SSSR count). The lowest BCUT2D eigenvalue weighted by molar-refractivity contribution is 0.123. The monoisotopic (exact) mass is 319 g/mol. The van der Waals surface area contributed by atoms with Crippen LogP contribution in [0.15, 0.2) is 30.3 Å². The van der Waals surface area contributed by atoms with Gasteiger partial charge in [-0.25, -0.2) is 4.79 Å². The molecule has 0 bridgehead atoms. The number of likely N-dealkylation sites (tertiary alicyclic amines) is 1. The van der Waals surface area contributed by atoms with E-state index in [1.165, 1.54) is 5.56 Å². The highest BCUT2D eigenvalue weighted by atomic mass is 16.3. The van der Waals surface area contributed by atoms with E-state index in [2.05, 4.69) is 41.4 Å². The second-order valence-corrected chi connectivity index (χ2v) is 6.77. The predicted octanol–water partition coefficient (Wildman–Crippen LogP) is 1.92. The summed E-state index contributed by atoms with van der Waals surface area (Å²) in [5.74, 6) is 0.413. The minimum Gasteiger partial charge on any atom is -0.392 e. The predicted molar refractivity (Wildman–Crippen MR) is 92.1 cm³/mol. The molecule has 1 aromatic rings. The molecule has 1 aliphatic heterocycles. The van der Waals surface area contributed by atoms with Gasteiger partial charge in [-0.1, -0.05) is 37.3 Å². The standard InChI is InChI=1S/C18H29N3O2/c1-14-11-21(13-16-7-5-4-6-8-16)10-9-17(14)19-18(23)20(3)12-15(2)22/h4-8,14-15,17,22H,9-13H2,1-3H3,(H,19,23). The van der Waals surface area contributed by atoms with E-state index >= 15 is 0 Å². The number of hydrogen-bond acceptors (Lipinski definition) is 3. The van der Waals surface area contributed by atoms with Crippen LogP contribution >= 0.6 is 0 Å². The molecule has 0 radical (unpaired) electrons. The third-order valence-corrected chi connectivity index (χ3v) is 4.43. The maximum Gasteiger partial charge on any atom is 0.317 e. The number of amides is 2. The lowest BCUT2D eigenvalue weighted by atomic mass is 9.93. The number of nitrogens with one attached hydrogen (secondary N) is 1. The molecular weight excluding hydrogens is 290 g/mol. The van der Waals surface area contributed by atoms with Gasteiger partial charge in [-0.3, -0.25) is 4.90 Å². The quantitative estimate of drug-likeness (QED) is 0.872. The third-order valence-electron chi connectivity index (χ3n) is 4.43. The maximum absolute atomic E-state index is 12.2. The van der Waals surface area contributed by atoms with Crippen molar-refractivity contribution in [1.29, 1.82) is 0 Å². The number of hydrogen-bond donors (Lipinski definition) is 2. The Morgan fingerprint density at radius 1 is 1.43 bits per heavy atom. The molecule has 5 nitrogen and oxygen atoms in total. The van der Waals surface area contributed by atoms with Crippen LogP contribution in [0.3, 0.4) is 0 Å². The smallest absolute Gasteiger partial charge is 0.317 e. The first-order valence-electron chi connectivity index (χ1n) is 8.41. The summed E-state index contributed by atoms with van der Waals surface area (Å²) in [5, 5.41) is 12.5. The molecule has 5 heteroatoms. The number of piperidine rings is 1. The number of rotatable bonds is 5. The number of likely N-dealkylation sites (N-methyl/N-ethyl adjacent to an activating group) is 1. The molecule has 1 fully saturated rings. The molecule has 0 saturated carbocycles. The molecule has 1 aromatic carbocycles. The SMILES string of the molecule is CC(O)CN(C)C(=O)NC1CCN(Cc2ccccc2)CC1C. The van der Waals surface area contributed by atoms with Gasteiger partial charge in [0, 0.05) is 39.3 Å². The molecule has 0 spiro atoms. The van der Waals surface area contributed by atoms with Crippen LogP contribution in [0.5, 0.6) is 0 Å². The number of carbonyl (C=O) groups excluding carboxylic acids is 1. The highest BCUT2D eigenvalue weighted by Crippen LogP contribution is 2.19. The number of urea groups is 1. The van der Waals surface area contributed by atoms with Crippen molar-refractivity contribution >= 4 is 6.03 Å². The molecule has 1 aliphatic rings. The second-order valence-electron chi connectivity index (χ2n) is 6.77. The molecule has 2 amide bonds. The maximum atomic E-state index is 12.2. The molecule has 0 aliphatic carbocycles. The fourth-order valence-corrected chi connectivity index (χ4v) is 3.18. The Kier molecular flexibility index (Phi) is 6.42. The molecule has 1 saturated heterocycles.